The van der Waals surface area contributed by atoms with Crippen LogP contribution in [0.3, 0.4) is 0 Å². The van der Waals surface area contributed by atoms with Gasteiger partial charge in [0.05, 0.1) is 16.5 Å². The van der Waals surface area contributed by atoms with Crippen molar-refractivity contribution in [3.63, 3.8) is 0 Å². The number of nitrogens with zero attached hydrogens (tertiary/aromatic N) is 3. The minimum Gasteiger partial charge on any atom is -0.408 e. The van der Waals surface area contributed by atoms with Crippen LogP contribution in [0.25, 0.3) is 11.1 Å². The molecule has 0 fully saturated rings. The van der Waals surface area contributed by atoms with Gasteiger partial charge in [0.15, 0.2) is 5.58 Å². The molecule has 0 amide bonds. The lowest BCUT2D eigenvalue weighted by Gasteiger charge is -2.33. The summed E-state index contributed by atoms with van der Waals surface area (Å²) in [4.78, 5) is 11.7. The predicted molar refractivity (Wildman–Crippen MR) is 88.2 cm³/mol. The lowest BCUT2D eigenvalue weighted by Crippen LogP contribution is -2.40. The number of fused-ring (bicyclic) bond motifs is 2. The van der Waals surface area contributed by atoms with E-state index in [0.717, 1.165) is 5.69 Å². The van der Waals surface area contributed by atoms with Crippen LogP contribution in [0.1, 0.15) is 18.7 Å². The molecular formula is C16H17N3O4S. The first-order valence-electron chi connectivity index (χ1n) is 7.66. The van der Waals surface area contributed by atoms with Crippen molar-refractivity contribution < 1.29 is 12.8 Å². The van der Waals surface area contributed by atoms with Crippen LogP contribution in [-0.4, -0.2) is 28.4 Å². The highest BCUT2D eigenvalue weighted by Crippen LogP contribution is 2.31. The lowest BCUT2D eigenvalue weighted by atomic mass is 10.2. The zero-order valence-electron chi connectivity index (χ0n) is 13.3. The smallest absolute Gasteiger partial charge is 0.408 e. The highest BCUT2D eigenvalue weighted by atomic mass is 32.2. The minimum atomic E-state index is -3.68. The molecular weight excluding hydrogens is 330 g/mol. The monoisotopic (exact) mass is 347 g/mol. The Morgan fingerprint density at radius 2 is 2.00 bits per heavy atom. The maximum Gasteiger partial charge on any atom is 0.419 e. The van der Waals surface area contributed by atoms with E-state index in [1.54, 1.807) is 13.1 Å². The van der Waals surface area contributed by atoms with Gasteiger partial charge in [-0.2, -0.15) is 4.31 Å². The highest BCUT2D eigenvalue weighted by molar-refractivity contribution is 7.89. The number of aryl methyl sites for hydroxylation is 1. The fourth-order valence-electron chi connectivity index (χ4n) is 3.30. The number of sulfonamides is 1. The van der Waals surface area contributed by atoms with Crippen molar-refractivity contribution in [3.05, 3.63) is 52.8 Å². The third-order valence-corrected chi connectivity index (χ3v) is 6.62. The molecule has 3 heterocycles. The molecule has 3 aromatic rings. The van der Waals surface area contributed by atoms with E-state index in [9.17, 15) is 13.2 Å². The average Bonchev–Trinajstić information content (AvgIpc) is 3.13. The second kappa shape index (κ2) is 5.09. The largest absolute Gasteiger partial charge is 0.419 e. The van der Waals surface area contributed by atoms with E-state index in [1.165, 1.54) is 21.0 Å². The lowest BCUT2D eigenvalue weighted by molar-refractivity contribution is 0.282. The maximum absolute atomic E-state index is 13.1. The van der Waals surface area contributed by atoms with Crippen LogP contribution in [-0.2, 0) is 23.6 Å². The number of rotatable bonds is 2. The summed E-state index contributed by atoms with van der Waals surface area (Å²) in [5.41, 5.74) is 1.81. The summed E-state index contributed by atoms with van der Waals surface area (Å²) in [5, 5.41) is 0. The van der Waals surface area contributed by atoms with Crippen molar-refractivity contribution >= 4 is 21.1 Å². The third kappa shape index (κ3) is 2.06. The molecule has 1 aliphatic heterocycles. The van der Waals surface area contributed by atoms with E-state index < -0.39 is 15.8 Å². The zero-order valence-corrected chi connectivity index (χ0v) is 14.2. The van der Waals surface area contributed by atoms with Gasteiger partial charge in [-0.15, -0.1) is 0 Å². The Balaban J connectivity index is 1.79. The summed E-state index contributed by atoms with van der Waals surface area (Å²) >= 11 is 0. The quantitative estimate of drug-likeness (QED) is 0.707. The Bertz CT molecular complexity index is 1090. The van der Waals surface area contributed by atoms with Crippen molar-refractivity contribution in [1.29, 1.82) is 0 Å². The van der Waals surface area contributed by atoms with Crippen LogP contribution in [0.15, 0.2) is 50.6 Å². The molecule has 1 aromatic carbocycles. The molecule has 8 heteroatoms. The minimum absolute atomic E-state index is 0.135. The second-order valence-corrected chi connectivity index (χ2v) is 7.87. The van der Waals surface area contributed by atoms with Gasteiger partial charge in [0, 0.05) is 38.1 Å². The van der Waals surface area contributed by atoms with Crippen LogP contribution < -0.4 is 5.76 Å². The van der Waals surface area contributed by atoms with Gasteiger partial charge in [0.1, 0.15) is 0 Å². The van der Waals surface area contributed by atoms with Crippen LogP contribution in [0.5, 0.6) is 0 Å². The summed E-state index contributed by atoms with van der Waals surface area (Å²) < 4.78 is 36.1. The fraction of sp³-hybridized carbons (Fsp3) is 0.312. The summed E-state index contributed by atoms with van der Waals surface area (Å²) in [6.45, 7) is 2.90. The summed E-state index contributed by atoms with van der Waals surface area (Å²) in [5.74, 6) is -0.510. The van der Waals surface area contributed by atoms with E-state index in [2.05, 4.69) is 4.57 Å². The van der Waals surface area contributed by atoms with Gasteiger partial charge in [-0.3, -0.25) is 4.57 Å². The first-order valence-corrected chi connectivity index (χ1v) is 9.10. The Morgan fingerprint density at radius 1 is 1.21 bits per heavy atom. The Labute approximate surface area is 138 Å². The van der Waals surface area contributed by atoms with E-state index in [4.69, 9.17) is 4.42 Å². The molecule has 0 unspecified atom stereocenters. The zero-order chi connectivity index (χ0) is 17.1. The highest BCUT2D eigenvalue weighted by Gasteiger charge is 2.34. The molecule has 1 aliphatic rings. The summed E-state index contributed by atoms with van der Waals surface area (Å²) in [6, 6.07) is 8.15. The van der Waals surface area contributed by atoms with Crippen molar-refractivity contribution in [2.75, 3.05) is 6.54 Å². The van der Waals surface area contributed by atoms with E-state index in [0.29, 0.717) is 18.6 Å². The first kappa shape index (κ1) is 15.2. The molecule has 0 saturated carbocycles. The molecule has 2 aromatic heterocycles. The van der Waals surface area contributed by atoms with Crippen molar-refractivity contribution in [3.8, 4) is 0 Å². The summed E-state index contributed by atoms with van der Waals surface area (Å²) in [7, 11) is -2.09. The van der Waals surface area contributed by atoms with E-state index in [-0.39, 0.29) is 16.5 Å². The van der Waals surface area contributed by atoms with Crippen LogP contribution in [0.2, 0.25) is 0 Å². The molecule has 0 radical (unpaired) electrons. The van der Waals surface area contributed by atoms with E-state index in [1.807, 2.05) is 25.3 Å². The fourth-order valence-corrected chi connectivity index (χ4v) is 4.91. The van der Waals surface area contributed by atoms with Crippen LogP contribution in [0.4, 0.5) is 0 Å². The third-order valence-electron chi connectivity index (χ3n) is 4.66. The topological polar surface area (TPSA) is 77.5 Å². The standard InChI is InChI=1S/C16H17N3O4S/c1-11-13-4-3-7-18(13)8-9-19(11)24(21,22)12-5-6-14-15(10-12)23-16(20)17(14)2/h3-7,10-11H,8-9H2,1-2H3/t11-/m0/s1. The number of benzene rings is 1. The molecule has 0 saturated heterocycles. The molecule has 1 atom stereocenters. The molecule has 7 nitrogen and oxygen atoms in total. The molecule has 0 N–H and O–H groups in total. The van der Waals surface area contributed by atoms with Gasteiger partial charge in [0.2, 0.25) is 10.0 Å². The molecule has 0 aliphatic carbocycles. The van der Waals surface area contributed by atoms with Crippen LogP contribution >= 0.6 is 0 Å². The number of aromatic nitrogens is 2. The Morgan fingerprint density at radius 3 is 2.79 bits per heavy atom. The van der Waals surface area contributed by atoms with Gasteiger partial charge < -0.3 is 8.98 Å². The van der Waals surface area contributed by atoms with Gasteiger partial charge >= 0.3 is 5.76 Å². The molecule has 0 spiro atoms. The van der Waals surface area contributed by atoms with Crippen molar-refractivity contribution in [2.45, 2.75) is 24.4 Å². The Kier molecular flexibility index (Phi) is 3.23. The summed E-state index contributed by atoms with van der Waals surface area (Å²) in [6.07, 6.45) is 1.96. The molecule has 4 rings (SSSR count). The van der Waals surface area contributed by atoms with Gasteiger partial charge in [-0.05, 0) is 31.2 Å². The van der Waals surface area contributed by atoms with Gasteiger partial charge in [0.25, 0.3) is 0 Å². The van der Waals surface area contributed by atoms with Crippen LogP contribution in [0, 0.1) is 0 Å². The number of hydrogen-bond acceptors (Lipinski definition) is 4. The SMILES string of the molecule is C[C@H]1c2cccn2CCN1S(=O)(=O)c1ccc2c(c1)oc(=O)n2C. The number of hydrogen-bond donors (Lipinski definition) is 0. The van der Waals surface area contributed by atoms with E-state index >= 15 is 0 Å². The second-order valence-electron chi connectivity index (χ2n) is 5.97. The normalized spacial score (nSPS) is 18.8. The predicted octanol–water partition coefficient (Wildman–Crippen LogP) is 1.70. The molecule has 0 bridgehead atoms. The van der Waals surface area contributed by atoms with Gasteiger partial charge in [-0.1, -0.05) is 0 Å². The first-order chi connectivity index (χ1) is 11.4. The Hall–Kier alpha value is -2.32. The van der Waals surface area contributed by atoms with Crippen molar-refractivity contribution in [2.24, 2.45) is 7.05 Å². The molecule has 24 heavy (non-hydrogen) atoms. The van der Waals surface area contributed by atoms with Crippen molar-refractivity contribution in [1.82, 2.24) is 13.4 Å². The average molecular weight is 347 g/mol. The van der Waals surface area contributed by atoms with Gasteiger partial charge in [-0.25, -0.2) is 13.2 Å². The molecule has 126 valence electrons. The number of oxazole rings is 1. The maximum atomic E-state index is 13.1.